The van der Waals surface area contributed by atoms with Crippen molar-refractivity contribution in [1.82, 2.24) is 10.2 Å². The van der Waals surface area contributed by atoms with Gasteiger partial charge in [-0.15, -0.1) is 12.4 Å². The Morgan fingerprint density at radius 1 is 1.16 bits per heavy atom. The Hall–Kier alpha value is -1.11. The zero-order valence-electron chi connectivity index (χ0n) is 14.0. The predicted octanol–water partition coefficient (Wildman–Crippen LogP) is 3.31. The molecular formula is C18H22Cl2N2O2S. The fraction of sp³-hybridized carbons (Fsp3) is 0.333. The van der Waals surface area contributed by atoms with Crippen LogP contribution in [0.15, 0.2) is 53.4 Å². The highest BCUT2D eigenvalue weighted by Crippen LogP contribution is 2.29. The van der Waals surface area contributed by atoms with Gasteiger partial charge in [-0.3, -0.25) is 4.90 Å². The van der Waals surface area contributed by atoms with Crippen LogP contribution in [0.4, 0.5) is 0 Å². The third-order valence-corrected chi connectivity index (χ3v) is 5.83. The Labute approximate surface area is 160 Å². The topological polar surface area (TPSA) is 49.4 Å². The van der Waals surface area contributed by atoms with E-state index in [1.807, 2.05) is 30.3 Å². The van der Waals surface area contributed by atoms with Gasteiger partial charge >= 0.3 is 0 Å². The van der Waals surface area contributed by atoms with Crippen molar-refractivity contribution in [3.05, 3.63) is 64.7 Å². The summed E-state index contributed by atoms with van der Waals surface area (Å²) < 4.78 is 23.2. The molecule has 136 valence electrons. The molecule has 0 saturated carbocycles. The fourth-order valence-electron chi connectivity index (χ4n) is 3.06. The molecule has 4 nitrogen and oxygen atoms in total. The van der Waals surface area contributed by atoms with Crippen molar-refractivity contribution in [2.75, 3.05) is 25.9 Å². The van der Waals surface area contributed by atoms with E-state index in [1.54, 1.807) is 12.1 Å². The average molecular weight is 401 g/mol. The van der Waals surface area contributed by atoms with E-state index in [0.717, 1.165) is 42.3 Å². The lowest BCUT2D eigenvalue weighted by Gasteiger charge is -2.37. The molecule has 1 atom stereocenters. The summed E-state index contributed by atoms with van der Waals surface area (Å²) in [6, 6.07) is 15.3. The summed E-state index contributed by atoms with van der Waals surface area (Å²) in [5.41, 5.74) is 2.22. The van der Waals surface area contributed by atoms with Gasteiger partial charge in [-0.25, -0.2) is 8.42 Å². The Kier molecular flexibility index (Phi) is 6.88. The highest BCUT2D eigenvalue weighted by Gasteiger charge is 2.25. The lowest BCUT2D eigenvalue weighted by atomic mass is 10.0. The van der Waals surface area contributed by atoms with Crippen LogP contribution in [0.25, 0.3) is 0 Å². The molecule has 7 heteroatoms. The standard InChI is InChI=1S/C18H21ClN2O2S.ClH/c1-24(22,23)15-8-6-14(7-9-15)13-21-11-10-20-12-18(21)16-4-2-3-5-17(16)19;/h2-9,18,20H,10-13H2,1H3;1H. The van der Waals surface area contributed by atoms with Crippen molar-refractivity contribution in [3.63, 3.8) is 0 Å². The van der Waals surface area contributed by atoms with E-state index in [0.29, 0.717) is 4.90 Å². The van der Waals surface area contributed by atoms with Crippen LogP contribution in [0.1, 0.15) is 17.2 Å². The first-order valence-electron chi connectivity index (χ1n) is 7.93. The molecule has 1 saturated heterocycles. The summed E-state index contributed by atoms with van der Waals surface area (Å²) in [5, 5.41) is 4.21. The number of rotatable bonds is 4. The van der Waals surface area contributed by atoms with Crippen LogP contribution in [0.2, 0.25) is 5.02 Å². The third kappa shape index (κ3) is 4.96. The quantitative estimate of drug-likeness (QED) is 0.854. The van der Waals surface area contributed by atoms with Crippen molar-refractivity contribution in [3.8, 4) is 0 Å². The first-order chi connectivity index (χ1) is 11.4. The maximum Gasteiger partial charge on any atom is 0.175 e. The maximum absolute atomic E-state index is 11.6. The van der Waals surface area contributed by atoms with Gasteiger partial charge < -0.3 is 5.32 Å². The molecule has 1 heterocycles. The number of halogens is 2. The van der Waals surface area contributed by atoms with Crippen LogP contribution in [-0.2, 0) is 16.4 Å². The lowest BCUT2D eigenvalue weighted by Crippen LogP contribution is -2.45. The van der Waals surface area contributed by atoms with E-state index in [9.17, 15) is 8.42 Å². The normalized spacial score (nSPS) is 18.6. The lowest BCUT2D eigenvalue weighted by molar-refractivity contribution is 0.154. The number of nitrogens with one attached hydrogen (secondary N) is 1. The summed E-state index contributed by atoms with van der Waals surface area (Å²) in [6.45, 7) is 3.47. The van der Waals surface area contributed by atoms with Gasteiger partial charge in [0.1, 0.15) is 0 Å². The van der Waals surface area contributed by atoms with Crippen LogP contribution in [0.3, 0.4) is 0 Å². The van der Waals surface area contributed by atoms with Gasteiger partial charge in [0.25, 0.3) is 0 Å². The number of nitrogens with zero attached hydrogens (tertiary/aromatic N) is 1. The van der Waals surface area contributed by atoms with Crippen molar-refractivity contribution in [1.29, 1.82) is 0 Å². The summed E-state index contributed by atoms with van der Waals surface area (Å²) in [7, 11) is -3.15. The van der Waals surface area contributed by atoms with E-state index in [-0.39, 0.29) is 18.4 Å². The zero-order valence-corrected chi connectivity index (χ0v) is 16.4. The van der Waals surface area contributed by atoms with Crippen molar-refractivity contribution in [2.45, 2.75) is 17.5 Å². The average Bonchev–Trinajstić information content (AvgIpc) is 2.56. The van der Waals surface area contributed by atoms with Crippen molar-refractivity contribution in [2.24, 2.45) is 0 Å². The molecule has 1 fully saturated rings. The van der Waals surface area contributed by atoms with Gasteiger partial charge in [-0.2, -0.15) is 0 Å². The Morgan fingerprint density at radius 2 is 1.84 bits per heavy atom. The SMILES string of the molecule is CS(=O)(=O)c1ccc(CN2CCNCC2c2ccccc2Cl)cc1.Cl. The molecular weight excluding hydrogens is 379 g/mol. The van der Waals surface area contributed by atoms with E-state index >= 15 is 0 Å². The molecule has 1 aliphatic rings. The van der Waals surface area contributed by atoms with Crippen LogP contribution in [-0.4, -0.2) is 39.2 Å². The minimum Gasteiger partial charge on any atom is -0.314 e. The molecule has 0 radical (unpaired) electrons. The number of hydrogen-bond acceptors (Lipinski definition) is 4. The van der Waals surface area contributed by atoms with Gasteiger partial charge in [0.2, 0.25) is 0 Å². The number of hydrogen-bond donors (Lipinski definition) is 1. The van der Waals surface area contributed by atoms with Gasteiger partial charge in [0.15, 0.2) is 9.84 Å². The molecule has 1 unspecified atom stereocenters. The molecule has 0 spiro atoms. The van der Waals surface area contributed by atoms with Gasteiger partial charge in [-0.05, 0) is 29.3 Å². The second-order valence-corrected chi connectivity index (χ2v) is 8.55. The zero-order chi connectivity index (χ0) is 17.2. The van der Waals surface area contributed by atoms with Gasteiger partial charge in [0, 0.05) is 43.5 Å². The minimum absolute atomic E-state index is 0. The molecule has 0 bridgehead atoms. The monoisotopic (exact) mass is 400 g/mol. The summed E-state index contributed by atoms with van der Waals surface area (Å²) >= 11 is 6.38. The summed E-state index contributed by atoms with van der Waals surface area (Å²) in [6.07, 6.45) is 1.23. The van der Waals surface area contributed by atoms with E-state index in [4.69, 9.17) is 11.6 Å². The molecule has 25 heavy (non-hydrogen) atoms. The molecule has 3 rings (SSSR count). The molecule has 1 N–H and O–H groups in total. The highest BCUT2D eigenvalue weighted by molar-refractivity contribution is 7.90. The molecule has 0 aliphatic carbocycles. The Balaban J connectivity index is 0.00000225. The van der Waals surface area contributed by atoms with Crippen molar-refractivity contribution >= 4 is 33.8 Å². The number of piperazine rings is 1. The maximum atomic E-state index is 11.6. The van der Waals surface area contributed by atoms with Gasteiger partial charge in [0.05, 0.1) is 4.90 Å². The number of benzene rings is 2. The molecule has 2 aromatic rings. The first kappa shape index (κ1) is 20.2. The summed E-state index contributed by atoms with van der Waals surface area (Å²) in [4.78, 5) is 2.74. The second-order valence-electron chi connectivity index (χ2n) is 6.13. The predicted molar refractivity (Wildman–Crippen MR) is 104 cm³/mol. The van der Waals surface area contributed by atoms with E-state index in [1.165, 1.54) is 6.26 Å². The fourth-order valence-corrected chi connectivity index (χ4v) is 3.96. The summed E-state index contributed by atoms with van der Waals surface area (Å²) in [5.74, 6) is 0. The molecule has 0 aromatic heterocycles. The van der Waals surface area contributed by atoms with E-state index in [2.05, 4.69) is 16.3 Å². The Morgan fingerprint density at radius 3 is 2.48 bits per heavy atom. The minimum atomic E-state index is -3.15. The smallest absolute Gasteiger partial charge is 0.175 e. The Bertz CT molecular complexity index is 810. The first-order valence-corrected chi connectivity index (χ1v) is 10.2. The van der Waals surface area contributed by atoms with Crippen LogP contribution in [0.5, 0.6) is 0 Å². The van der Waals surface area contributed by atoms with E-state index < -0.39 is 9.84 Å². The van der Waals surface area contributed by atoms with Gasteiger partial charge in [-0.1, -0.05) is 41.9 Å². The van der Waals surface area contributed by atoms with Crippen molar-refractivity contribution < 1.29 is 8.42 Å². The molecule has 2 aromatic carbocycles. The highest BCUT2D eigenvalue weighted by atomic mass is 35.5. The number of sulfone groups is 1. The molecule has 0 amide bonds. The third-order valence-electron chi connectivity index (χ3n) is 4.36. The molecule has 1 aliphatic heterocycles. The van der Waals surface area contributed by atoms with Crippen LogP contribution in [0, 0.1) is 0 Å². The second kappa shape index (κ2) is 8.52. The van der Waals surface area contributed by atoms with Crippen LogP contribution >= 0.6 is 24.0 Å². The largest absolute Gasteiger partial charge is 0.314 e. The van der Waals surface area contributed by atoms with Crippen LogP contribution < -0.4 is 5.32 Å².